The summed E-state index contributed by atoms with van der Waals surface area (Å²) < 4.78 is 0. The number of nitrogens with zero attached hydrogens (tertiary/aromatic N) is 1. The van der Waals surface area contributed by atoms with Gasteiger partial charge in [0, 0.05) is 5.75 Å². The van der Waals surface area contributed by atoms with Crippen LogP contribution in [-0.2, 0) is 5.75 Å². The van der Waals surface area contributed by atoms with E-state index in [-0.39, 0.29) is 11.4 Å². The summed E-state index contributed by atoms with van der Waals surface area (Å²) in [6.45, 7) is 2.04. The van der Waals surface area contributed by atoms with E-state index in [1.165, 1.54) is 22.9 Å². The summed E-state index contributed by atoms with van der Waals surface area (Å²) in [5, 5.41) is 9.63. The molecule has 0 amide bonds. The number of H-pyrrole nitrogens is 1. The number of rotatable bonds is 3. The number of hydrogen-bond acceptors (Lipinski definition) is 4. The molecule has 0 aliphatic carbocycles. The molecule has 0 saturated heterocycles. The first kappa shape index (κ1) is 11.7. The third-order valence-corrected chi connectivity index (χ3v) is 3.25. The second kappa shape index (κ2) is 5.05. The summed E-state index contributed by atoms with van der Waals surface area (Å²) >= 11 is 1.39. The molecule has 0 radical (unpaired) electrons. The van der Waals surface area contributed by atoms with E-state index in [9.17, 15) is 9.90 Å². The average Bonchev–Trinajstić information content (AvgIpc) is 2.27. The van der Waals surface area contributed by atoms with Crippen LogP contribution >= 0.6 is 11.8 Å². The number of aromatic nitrogens is 2. The number of hydrogen-bond donors (Lipinski definition) is 2. The van der Waals surface area contributed by atoms with Crippen molar-refractivity contribution in [3.63, 3.8) is 0 Å². The molecule has 0 atom stereocenters. The predicted octanol–water partition coefficient (Wildman–Crippen LogP) is 2.08. The van der Waals surface area contributed by atoms with Gasteiger partial charge >= 0.3 is 0 Å². The zero-order chi connectivity index (χ0) is 12.3. The van der Waals surface area contributed by atoms with Crippen molar-refractivity contribution in [3.05, 3.63) is 51.8 Å². The molecule has 0 unspecified atom stereocenters. The summed E-state index contributed by atoms with van der Waals surface area (Å²) in [4.78, 5) is 17.5. The Morgan fingerprint density at radius 2 is 2.18 bits per heavy atom. The van der Waals surface area contributed by atoms with E-state index in [1.807, 2.05) is 31.2 Å². The van der Waals surface area contributed by atoms with Gasteiger partial charge in [-0.25, -0.2) is 0 Å². The minimum Gasteiger partial charge on any atom is -0.493 e. The van der Waals surface area contributed by atoms with Gasteiger partial charge in [-0.3, -0.25) is 4.79 Å². The van der Waals surface area contributed by atoms with Gasteiger partial charge in [0.2, 0.25) is 5.88 Å². The first-order valence-electron chi connectivity index (χ1n) is 5.13. The highest BCUT2D eigenvalue weighted by Crippen LogP contribution is 2.21. The highest BCUT2D eigenvalue weighted by molar-refractivity contribution is 7.98. The number of aromatic amines is 1. The third-order valence-electron chi connectivity index (χ3n) is 2.33. The van der Waals surface area contributed by atoms with Gasteiger partial charge in [0.1, 0.15) is 0 Å². The molecule has 17 heavy (non-hydrogen) atoms. The highest BCUT2D eigenvalue weighted by atomic mass is 32.2. The normalized spacial score (nSPS) is 10.4. The van der Waals surface area contributed by atoms with E-state index < -0.39 is 0 Å². The van der Waals surface area contributed by atoms with Crippen molar-refractivity contribution in [2.45, 2.75) is 17.8 Å². The van der Waals surface area contributed by atoms with Crippen molar-refractivity contribution in [1.29, 1.82) is 0 Å². The topological polar surface area (TPSA) is 66.0 Å². The van der Waals surface area contributed by atoms with Crippen molar-refractivity contribution in [3.8, 4) is 5.88 Å². The quantitative estimate of drug-likeness (QED) is 0.644. The molecule has 0 aliphatic heterocycles. The van der Waals surface area contributed by atoms with E-state index in [1.54, 1.807) is 0 Å². The summed E-state index contributed by atoms with van der Waals surface area (Å²) in [7, 11) is 0. The van der Waals surface area contributed by atoms with Crippen LogP contribution in [-0.4, -0.2) is 15.1 Å². The molecule has 1 heterocycles. The van der Waals surface area contributed by atoms with Gasteiger partial charge in [0.25, 0.3) is 5.56 Å². The maximum absolute atomic E-state index is 11.1. The molecule has 0 aliphatic rings. The molecular formula is C12H12N2O2S. The van der Waals surface area contributed by atoms with E-state index >= 15 is 0 Å². The standard InChI is InChI=1S/C12H12N2O2S/c1-8-4-2-3-5-9(8)7-17-12-13-10(15)6-11(16)14-12/h2-6H,7H2,1H3,(H2,13,14,15,16). The van der Waals surface area contributed by atoms with Gasteiger partial charge in [0.05, 0.1) is 6.07 Å². The first-order chi connectivity index (χ1) is 8.15. The maximum atomic E-state index is 11.1. The fraction of sp³-hybridized carbons (Fsp3) is 0.167. The Bertz CT molecular complexity index is 581. The van der Waals surface area contributed by atoms with Crippen LogP contribution in [0.15, 0.2) is 40.3 Å². The van der Waals surface area contributed by atoms with Crippen LogP contribution in [0.2, 0.25) is 0 Å². The SMILES string of the molecule is Cc1ccccc1CSc1nc(O)cc(=O)[nH]1. The van der Waals surface area contributed by atoms with Gasteiger partial charge in [0.15, 0.2) is 5.16 Å². The van der Waals surface area contributed by atoms with Crippen LogP contribution < -0.4 is 5.56 Å². The lowest BCUT2D eigenvalue weighted by Crippen LogP contribution is -2.06. The predicted molar refractivity (Wildman–Crippen MR) is 67.3 cm³/mol. The average molecular weight is 248 g/mol. The number of nitrogens with one attached hydrogen (secondary N) is 1. The molecule has 1 aromatic carbocycles. The number of benzene rings is 1. The molecule has 0 saturated carbocycles. The van der Waals surface area contributed by atoms with Crippen molar-refractivity contribution < 1.29 is 5.11 Å². The Kier molecular flexibility index (Phi) is 3.49. The maximum Gasteiger partial charge on any atom is 0.255 e. The van der Waals surface area contributed by atoms with Gasteiger partial charge < -0.3 is 10.1 Å². The Balaban J connectivity index is 2.13. The lowest BCUT2D eigenvalue weighted by molar-refractivity contribution is 0.444. The van der Waals surface area contributed by atoms with Gasteiger partial charge in [-0.05, 0) is 18.1 Å². The van der Waals surface area contributed by atoms with Crippen LogP contribution in [0.3, 0.4) is 0 Å². The number of aromatic hydroxyl groups is 1. The van der Waals surface area contributed by atoms with E-state index in [0.29, 0.717) is 10.9 Å². The van der Waals surface area contributed by atoms with E-state index in [4.69, 9.17) is 0 Å². The lowest BCUT2D eigenvalue weighted by atomic mass is 10.1. The Labute approximate surface area is 103 Å². The molecule has 88 valence electrons. The Morgan fingerprint density at radius 3 is 2.88 bits per heavy atom. The number of thioether (sulfide) groups is 1. The zero-order valence-corrected chi connectivity index (χ0v) is 10.1. The summed E-state index contributed by atoms with van der Waals surface area (Å²) in [5.41, 5.74) is 2.04. The zero-order valence-electron chi connectivity index (χ0n) is 9.30. The molecule has 2 rings (SSSR count). The van der Waals surface area contributed by atoms with E-state index in [2.05, 4.69) is 9.97 Å². The summed E-state index contributed by atoms with van der Waals surface area (Å²) in [6.07, 6.45) is 0. The molecule has 0 spiro atoms. The van der Waals surface area contributed by atoms with Crippen LogP contribution in [0.5, 0.6) is 5.88 Å². The van der Waals surface area contributed by atoms with Crippen molar-refractivity contribution in [1.82, 2.24) is 9.97 Å². The van der Waals surface area contributed by atoms with Crippen LogP contribution in [0.4, 0.5) is 0 Å². The molecule has 2 aromatic rings. The molecule has 2 N–H and O–H groups in total. The smallest absolute Gasteiger partial charge is 0.255 e. The van der Waals surface area contributed by atoms with Crippen LogP contribution in [0, 0.1) is 6.92 Å². The summed E-state index contributed by atoms with van der Waals surface area (Å²) in [5.74, 6) is 0.458. The largest absolute Gasteiger partial charge is 0.493 e. The lowest BCUT2D eigenvalue weighted by Gasteiger charge is -2.04. The molecule has 4 nitrogen and oxygen atoms in total. The second-order valence-electron chi connectivity index (χ2n) is 3.62. The van der Waals surface area contributed by atoms with Crippen LogP contribution in [0.25, 0.3) is 0 Å². The fourth-order valence-corrected chi connectivity index (χ4v) is 2.36. The monoisotopic (exact) mass is 248 g/mol. The van der Waals surface area contributed by atoms with Crippen LogP contribution in [0.1, 0.15) is 11.1 Å². The third kappa shape index (κ3) is 3.10. The van der Waals surface area contributed by atoms with Gasteiger partial charge in [-0.15, -0.1) is 0 Å². The van der Waals surface area contributed by atoms with E-state index in [0.717, 1.165) is 6.07 Å². The highest BCUT2D eigenvalue weighted by Gasteiger charge is 2.03. The van der Waals surface area contributed by atoms with Crippen molar-refractivity contribution in [2.24, 2.45) is 0 Å². The van der Waals surface area contributed by atoms with Gasteiger partial charge in [-0.1, -0.05) is 36.0 Å². The molecule has 0 bridgehead atoms. The number of aryl methyl sites for hydroxylation is 1. The second-order valence-corrected chi connectivity index (χ2v) is 4.59. The molecule has 5 heteroatoms. The fourth-order valence-electron chi connectivity index (χ4n) is 1.41. The Morgan fingerprint density at radius 1 is 1.41 bits per heavy atom. The molecule has 0 fully saturated rings. The minimum absolute atomic E-state index is 0.249. The first-order valence-corrected chi connectivity index (χ1v) is 6.11. The van der Waals surface area contributed by atoms with Crippen molar-refractivity contribution in [2.75, 3.05) is 0 Å². The van der Waals surface area contributed by atoms with Crippen molar-refractivity contribution >= 4 is 11.8 Å². The summed E-state index contributed by atoms with van der Waals surface area (Å²) in [6, 6.07) is 9.08. The van der Waals surface area contributed by atoms with Gasteiger partial charge in [-0.2, -0.15) is 4.98 Å². The minimum atomic E-state index is -0.343. The molecular weight excluding hydrogens is 236 g/mol. The molecule has 1 aromatic heterocycles. The Hall–Kier alpha value is -1.75.